The predicted molar refractivity (Wildman–Crippen MR) is 41.2 cm³/mol. The lowest BCUT2D eigenvalue weighted by molar-refractivity contribution is -0.114. The van der Waals surface area contributed by atoms with E-state index in [0.717, 1.165) is 0 Å². The summed E-state index contributed by atoms with van der Waals surface area (Å²) in [6.07, 6.45) is 1.73. The summed E-state index contributed by atoms with van der Waals surface area (Å²) in [4.78, 5) is 10.7. The first-order valence-corrected chi connectivity index (χ1v) is 3.07. The highest BCUT2D eigenvalue weighted by Crippen LogP contribution is 1.93. The summed E-state index contributed by atoms with van der Waals surface area (Å²) in [7, 11) is 1.51. The van der Waals surface area contributed by atoms with E-state index in [1.807, 2.05) is 0 Å². The van der Waals surface area contributed by atoms with Crippen molar-refractivity contribution in [1.82, 2.24) is 5.32 Å². The molecule has 0 radical (unpaired) electrons. The van der Waals surface area contributed by atoms with Crippen LogP contribution in [-0.4, -0.2) is 18.7 Å². The van der Waals surface area contributed by atoms with E-state index < -0.39 is 0 Å². The molecule has 0 bridgehead atoms. The lowest BCUT2D eigenvalue weighted by Gasteiger charge is -1.99. The monoisotopic (exact) mass is 140 g/mol. The van der Waals surface area contributed by atoms with Crippen LogP contribution in [0.15, 0.2) is 11.6 Å². The van der Waals surface area contributed by atoms with Crippen LogP contribution in [0.2, 0.25) is 0 Å². The molecule has 0 aromatic carbocycles. The first kappa shape index (κ1) is 8.88. The van der Waals surface area contributed by atoms with E-state index in [2.05, 4.69) is 5.32 Å². The molecule has 0 unspecified atom stereocenters. The molecule has 0 aliphatic heterocycles. The Balaban J connectivity index is 4.23. The number of amides is 1. The van der Waals surface area contributed by atoms with Crippen LogP contribution in [0.5, 0.6) is 0 Å². The third kappa shape index (κ3) is 2.01. The van der Waals surface area contributed by atoms with Gasteiger partial charge in [0, 0.05) is 7.05 Å². The van der Waals surface area contributed by atoms with Gasteiger partial charge in [0.15, 0.2) is 0 Å². The Kier molecular flexibility index (Phi) is 3.39. The van der Waals surface area contributed by atoms with Crippen LogP contribution in [0.4, 0.5) is 0 Å². The Morgan fingerprint density at radius 2 is 2.10 bits per heavy atom. The van der Waals surface area contributed by atoms with Gasteiger partial charge < -0.3 is 5.32 Å². The zero-order chi connectivity index (χ0) is 8.15. The fraction of sp³-hybridized carbons (Fsp3) is 0.429. The fourth-order valence-electron chi connectivity index (χ4n) is 0.448. The molecule has 0 saturated heterocycles. The number of hydrogen-bond acceptors (Lipinski definition) is 2. The van der Waals surface area contributed by atoms with E-state index in [0.29, 0.717) is 5.57 Å². The van der Waals surface area contributed by atoms with Crippen LogP contribution in [-0.2, 0) is 4.79 Å². The van der Waals surface area contributed by atoms with E-state index in [-0.39, 0.29) is 11.6 Å². The first-order chi connectivity index (χ1) is 4.63. The van der Waals surface area contributed by atoms with Crippen LogP contribution < -0.4 is 5.32 Å². The maximum atomic E-state index is 10.7. The molecule has 56 valence electrons. The van der Waals surface area contributed by atoms with Crippen LogP contribution in [0.3, 0.4) is 0 Å². The van der Waals surface area contributed by atoms with Crippen molar-refractivity contribution in [2.45, 2.75) is 13.8 Å². The SMILES string of the molecule is CC=C(C)C(=N)C(=O)NC. The molecule has 2 N–H and O–H groups in total. The quantitative estimate of drug-likeness (QED) is 0.545. The molecule has 0 saturated carbocycles. The molecule has 3 heteroatoms. The first-order valence-electron chi connectivity index (χ1n) is 3.07. The van der Waals surface area contributed by atoms with Crippen LogP contribution >= 0.6 is 0 Å². The maximum absolute atomic E-state index is 10.7. The number of nitrogens with one attached hydrogen (secondary N) is 2. The summed E-state index contributed by atoms with van der Waals surface area (Å²) < 4.78 is 0. The molecule has 0 heterocycles. The molecule has 1 amide bonds. The van der Waals surface area contributed by atoms with Gasteiger partial charge in [0.2, 0.25) is 0 Å². The Labute approximate surface area is 60.6 Å². The van der Waals surface area contributed by atoms with Gasteiger partial charge >= 0.3 is 0 Å². The Hall–Kier alpha value is -1.12. The van der Waals surface area contributed by atoms with Crippen LogP contribution in [0, 0.1) is 5.41 Å². The van der Waals surface area contributed by atoms with Crippen molar-refractivity contribution in [1.29, 1.82) is 5.41 Å². The van der Waals surface area contributed by atoms with E-state index >= 15 is 0 Å². The average Bonchev–Trinajstić information content (AvgIpc) is 2.00. The molecule has 0 atom stereocenters. The van der Waals surface area contributed by atoms with Crippen molar-refractivity contribution in [3.63, 3.8) is 0 Å². The summed E-state index contributed by atoms with van der Waals surface area (Å²) in [6.45, 7) is 3.53. The van der Waals surface area contributed by atoms with Gasteiger partial charge in [0.05, 0.1) is 0 Å². The Morgan fingerprint density at radius 1 is 1.60 bits per heavy atom. The van der Waals surface area contributed by atoms with Gasteiger partial charge in [0.25, 0.3) is 5.91 Å². The summed E-state index contributed by atoms with van der Waals surface area (Å²) >= 11 is 0. The van der Waals surface area contributed by atoms with Gasteiger partial charge in [-0.15, -0.1) is 0 Å². The number of hydrogen-bond donors (Lipinski definition) is 2. The highest BCUT2D eigenvalue weighted by molar-refractivity contribution is 6.43. The van der Waals surface area contributed by atoms with Gasteiger partial charge in [-0.2, -0.15) is 0 Å². The molecular weight excluding hydrogens is 128 g/mol. The lowest BCUT2D eigenvalue weighted by Crippen LogP contribution is -2.27. The molecule has 0 aliphatic carbocycles. The minimum atomic E-state index is -0.337. The standard InChI is InChI=1S/C7H12N2O/c1-4-5(2)6(8)7(10)9-3/h4,8H,1-3H3,(H,9,10). The topological polar surface area (TPSA) is 53.0 Å². The number of carbonyl (C=O) groups is 1. The Bertz CT molecular complexity index is 182. The van der Waals surface area contributed by atoms with Gasteiger partial charge in [0.1, 0.15) is 5.71 Å². The third-order valence-electron chi connectivity index (χ3n) is 1.28. The molecule has 0 spiro atoms. The third-order valence-corrected chi connectivity index (χ3v) is 1.28. The minimum absolute atomic E-state index is 0.0324. The normalized spacial score (nSPS) is 10.9. The number of allylic oxidation sites excluding steroid dienone is 1. The number of rotatable bonds is 2. The smallest absolute Gasteiger partial charge is 0.269 e. The summed E-state index contributed by atoms with van der Waals surface area (Å²) in [5.41, 5.74) is 0.726. The van der Waals surface area contributed by atoms with E-state index in [1.54, 1.807) is 19.9 Å². The summed E-state index contributed by atoms with van der Waals surface area (Å²) in [6, 6.07) is 0. The van der Waals surface area contributed by atoms with E-state index in [4.69, 9.17) is 5.41 Å². The van der Waals surface area contributed by atoms with Crippen LogP contribution in [0.1, 0.15) is 13.8 Å². The second kappa shape index (κ2) is 3.82. The lowest BCUT2D eigenvalue weighted by atomic mass is 10.1. The highest BCUT2D eigenvalue weighted by Gasteiger charge is 2.06. The second-order valence-electron chi connectivity index (χ2n) is 1.93. The van der Waals surface area contributed by atoms with E-state index in [9.17, 15) is 4.79 Å². The van der Waals surface area contributed by atoms with Gasteiger partial charge in [-0.1, -0.05) is 6.08 Å². The molecule has 0 aromatic rings. The largest absolute Gasteiger partial charge is 0.354 e. The molecule has 0 aliphatic rings. The van der Waals surface area contributed by atoms with E-state index in [1.165, 1.54) is 7.05 Å². The molecule has 3 nitrogen and oxygen atoms in total. The van der Waals surface area contributed by atoms with Crippen molar-refractivity contribution < 1.29 is 4.79 Å². The zero-order valence-electron chi connectivity index (χ0n) is 6.49. The molecule has 10 heavy (non-hydrogen) atoms. The molecule has 0 aromatic heterocycles. The van der Waals surface area contributed by atoms with Crippen molar-refractivity contribution in [3.8, 4) is 0 Å². The van der Waals surface area contributed by atoms with Crippen molar-refractivity contribution in [3.05, 3.63) is 11.6 Å². The zero-order valence-corrected chi connectivity index (χ0v) is 6.49. The summed E-state index contributed by atoms with van der Waals surface area (Å²) in [5, 5.41) is 9.60. The van der Waals surface area contributed by atoms with Gasteiger partial charge in [-0.05, 0) is 19.4 Å². The van der Waals surface area contributed by atoms with Gasteiger partial charge in [-0.25, -0.2) is 0 Å². The predicted octanol–water partition coefficient (Wildman–Crippen LogP) is 0.718. The summed E-state index contributed by atoms with van der Waals surface area (Å²) in [5.74, 6) is -0.337. The number of carbonyl (C=O) groups excluding carboxylic acids is 1. The molecular formula is C7H12N2O. The van der Waals surface area contributed by atoms with Crippen molar-refractivity contribution in [2.75, 3.05) is 7.05 Å². The van der Waals surface area contributed by atoms with Crippen LogP contribution in [0.25, 0.3) is 0 Å². The van der Waals surface area contributed by atoms with Crippen molar-refractivity contribution >= 4 is 11.6 Å². The Morgan fingerprint density at radius 3 is 2.40 bits per heavy atom. The average molecular weight is 140 g/mol. The minimum Gasteiger partial charge on any atom is -0.354 e. The van der Waals surface area contributed by atoms with Gasteiger partial charge in [-0.3, -0.25) is 10.2 Å². The maximum Gasteiger partial charge on any atom is 0.269 e. The molecule has 0 rings (SSSR count). The molecule has 0 fully saturated rings. The second-order valence-corrected chi connectivity index (χ2v) is 1.93. The fourth-order valence-corrected chi connectivity index (χ4v) is 0.448. The van der Waals surface area contributed by atoms with Crippen molar-refractivity contribution in [2.24, 2.45) is 0 Å². The highest BCUT2D eigenvalue weighted by atomic mass is 16.1.